The maximum atomic E-state index is 13.4. The van der Waals surface area contributed by atoms with Crippen LogP contribution in [-0.2, 0) is 4.79 Å². The first-order valence-electron chi connectivity index (χ1n) is 11.5. The summed E-state index contributed by atoms with van der Waals surface area (Å²) in [5.41, 5.74) is 1.67. The van der Waals surface area contributed by atoms with Gasteiger partial charge in [-0.3, -0.25) is 4.79 Å². The van der Waals surface area contributed by atoms with Gasteiger partial charge in [0.05, 0.1) is 0 Å². The van der Waals surface area contributed by atoms with Crippen LogP contribution < -0.4 is 10.2 Å². The molecule has 6 nitrogen and oxygen atoms in total. The van der Waals surface area contributed by atoms with Gasteiger partial charge in [-0.05, 0) is 55.5 Å². The second-order valence-corrected chi connectivity index (χ2v) is 8.64. The van der Waals surface area contributed by atoms with Crippen LogP contribution in [0.3, 0.4) is 0 Å². The van der Waals surface area contributed by atoms with Crippen molar-refractivity contribution in [3.63, 3.8) is 0 Å². The summed E-state index contributed by atoms with van der Waals surface area (Å²) in [6, 6.07) is 16.0. The predicted molar refractivity (Wildman–Crippen MR) is 124 cm³/mol. The molecule has 1 atom stereocenters. The number of piperidine rings is 1. The number of piperazine rings is 1. The normalized spacial score (nSPS) is 19.0. The summed E-state index contributed by atoms with van der Waals surface area (Å²) < 4.78 is 13.4. The van der Waals surface area contributed by atoms with Crippen LogP contribution in [0.15, 0.2) is 54.6 Å². The van der Waals surface area contributed by atoms with Gasteiger partial charge >= 0.3 is 6.03 Å². The minimum absolute atomic E-state index is 0.205. The molecule has 3 amide bonds. The van der Waals surface area contributed by atoms with E-state index in [1.54, 1.807) is 17.0 Å². The second-order valence-electron chi connectivity index (χ2n) is 8.64. The number of carbonyl (C=O) groups excluding carboxylic acids is 2. The van der Waals surface area contributed by atoms with Gasteiger partial charge in [0.25, 0.3) is 0 Å². The lowest BCUT2D eigenvalue weighted by Gasteiger charge is -2.37. The van der Waals surface area contributed by atoms with Gasteiger partial charge in [-0.15, -0.1) is 0 Å². The first-order chi connectivity index (χ1) is 15.6. The fraction of sp³-hybridized carbons (Fsp3) is 0.440. The number of anilines is 2. The summed E-state index contributed by atoms with van der Waals surface area (Å²) in [5.74, 6) is 0.151. The Labute approximate surface area is 189 Å². The summed E-state index contributed by atoms with van der Waals surface area (Å²) >= 11 is 0. The average Bonchev–Trinajstić information content (AvgIpc) is 2.83. The lowest BCUT2D eigenvalue weighted by molar-refractivity contribution is -0.131. The zero-order valence-corrected chi connectivity index (χ0v) is 18.4. The molecule has 7 heteroatoms. The van der Waals surface area contributed by atoms with Gasteiger partial charge in [0.15, 0.2) is 0 Å². The number of halogens is 1. The Kier molecular flexibility index (Phi) is 7.24. The van der Waals surface area contributed by atoms with Crippen LogP contribution in [0.1, 0.15) is 25.7 Å². The molecule has 0 aliphatic carbocycles. The van der Waals surface area contributed by atoms with E-state index in [2.05, 4.69) is 22.3 Å². The summed E-state index contributed by atoms with van der Waals surface area (Å²) in [7, 11) is 0. The Morgan fingerprint density at radius 1 is 0.938 bits per heavy atom. The fourth-order valence-corrected chi connectivity index (χ4v) is 4.59. The van der Waals surface area contributed by atoms with E-state index in [0.29, 0.717) is 31.1 Å². The Hall–Kier alpha value is -3.09. The van der Waals surface area contributed by atoms with Crippen molar-refractivity contribution in [3.05, 3.63) is 60.4 Å². The van der Waals surface area contributed by atoms with Crippen molar-refractivity contribution in [3.8, 4) is 0 Å². The molecule has 2 aromatic rings. The Balaban J connectivity index is 1.21. The van der Waals surface area contributed by atoms with E-state index >= 15 is 0 Å². The van der Waals surface area contributed by atoms with Gasteiger partial charge in [0.2, 0.25) is 5.91 Å². The van der Waals surface area contributed by atoms with E-state index in [-0.39, 0.29) is 17.8 Å². The Morgan fingerprint density at radius 3 is 2.47 bits per heavy atom. The number of hydrogen-bond acceptors (Lipinski definition) is 3. The van der Waals surface area contributed by atoms with E-state index < -0.39 is 0 Å². The third-order valence-electron chi connectivity index (χ3n) is 6.40. The maximum absolute atomic E-state index is 13.4. The van der Waals surface area contributed by atoms with Crippen LogP contribution in [0.2, 0.25) is 0 Å². The minimum atomic E-state index is -0.373. The standard InChI is InChI=1S/C25H31FN4O2/c26-21-7-4-8-22(18-21)27-25(32)30-13-5-6-20(19-30)11-12-24(31)29-16-14-28(15-17-29)23-9-2-1-3-10-23/h1-4,7-10,18,20H,5-6,11-17,19H2,(H,27,32). The molecule has 4 rings (SSSR count). The number of nitrogens with one attached hydrogen (secondary N) is 1. The van der Waals surface area contributed by atoms with E-state index in [9.17, 15) is 14.0 Å². The quantitative estimate of drug-likeness (QED) is 0.761. The SMILES string of the molecule is O=C(CCC1CCCN(C(=O)Nc2cccc(F)c2)C1)N1CCN(c2ccccc2)CC1. The van der Waals surface area contributed by atoms with Gasteiger partial charge in [0.1, 0.15) is 5.82 Å². The first-order valence-corrected chi connectivity index (χ1v) is 11.5. The van der Waals surface area contributed by atoms with E-state index in [0.717, 1.165) is 45.4 Å². The monoisotopic (exact) mass is 438 g/mol. The van der Waals surface area contributed by atoms with Crippen LogP contribution in [0.4, 0.5) is 20.6 Å². The highest BCUT2D eigenvalue weighted by Crippen LogP contribution is 2.23. The molecule has 170 valence electrons. The number of amides is 3. The molecule has 0 radical (unpaired) electrons. The first kappa shape index (κ1) is 22.1. The highest BCUT2D eigenvalue weighted by atomic mass is 19.1. The molecule has 2 heterocycles. The molecule has 0 bridgehead atoms. The summed E-state index contributed by atoms with van der Waals surface area (Å²) in [4.78, 5) is 31.4. The summed E-state index contributed by atoms with van der Waals surface area (Å²) in [6.07, 6.45) is 3.26. The van der Waals surface area contributed by atoms with E-state index in [4.69, 9.17) is 0 Å². The number of urea groups is 1. The Bertz CT molecular complexity index is 915. The smallest absolute Gasteiger partial charge is 0.321 e. The zero-order chi connectivity index (χ0) is 22.3. The van der Waals surface area contributed by atoms with Crippen LogP contribution in [-0.4, -0.2) is 61.0 Å². The van der Waals surface area contributed by atoms with Crippen molar-refractivity contribution in [2.24, 2.45) is 5.92 Å². The zero-order valence-electron chi connectivity index (χ0n) is 18.4. The molecule has 2 aliphatic rings. The van der Waals surface area contributed by atoms with Gasteiger partial charge in [-0.1, -0.05) is 24.3 Å². The van der Waals surface area contributed by atoms with Crippen LogP contribution in [0.25, 0.3) is 0 Å². The van der Waals surface area contributed by atoms with Gasteiger partial charge < -0.3 is 20.0 Å². The molecule has 32 heavy (non-hydrogen) atoms. The number of carbonyl (C=O) groups is 2. The largest absolute Gasteiger partial charge is 0.368 e. The lowest BCUT2D eigenvalue weighted by atomic mass is 9.93. The molecule has 2 saturated heterocycles. The van der Waals surface area contributed by atoms with Crippen molar-refractivity contribution in [2.75, 3.05) is 49.5 Å². The number of nitrogens with zero attached hydrogens (tertiary/aromatic N) is 3. The third-order valence-corrected chi connectivity index (χ3v) is 6.40. The molecule has 1 unspecified atom stereocenters. The molecular weight excluding hydrogens is 407 g/mol. The molecule has 2 fully saturated rings. The van der Waals surface area contributed by atoms with Gasteiger partial charge in [-0.2, -0.15) is 0 Å². The number of rotatable bonds is 5. The highest BCUT2D eigenvalue weighted by Gasteiger charge is 2.26. The van der Waals surface area contributed by atoms with Crippen molar-refractivity contribution >= 4 is 23.3 Å². The summed E-state index contributed by atoms with van der Waals surface area (Å²) in [5, 5.41) is 2.77. The van der Waals surface area contributed by atoms with Crippen molar-refractivity contribution < 1.29 is 14.0 Å². The van der Waals surface area contributed by atoms with E-state index in [1.165, 1.54) is 17.8 Å². The van der Waals surface area contributed by atoms with Crippen LogP contribution >= 0.6 is 0 Å². The van der Waals surface area contributed by atoms with Crippen molar-refractivity contribution in [2.45, 2.75) is 25.7 Å². The van der Waals surface area contributed by atoms with Crippen LogP contribution in [0, 0.1) is 11.7 Å². The number of benzene rings is 2. The highest BCUT2D eigenvalue weighted by molar-refractivity contribution is 5.89. The molecular formula is C25H31FN4O2. The van der Waals surface area contributed by atoms with Gasteiger partial charge in [-0.25, -0.2) is 9.18 Å². The number of para-hydroxylation sites is 1. The third kappa shape index (κ3) is 5.78. The molecule has 0 spiro atoms. The van der Waals surface area contributed by atoms with E-state index in [1.807, 2.05) is 23.1 Å². The Morgan fingerprint density at radius 2 is 1.72 bits per heavy atom. The minimum Gasteiger partial charge on any atom is -0.368 e. The fourth-order valence-electron chi connectivity index (χ4n) is 4.59. The maximum Gasteiger partial charge on any atom is 0.321 e. The van der Waals surface area contributed by atoms with Crippen LogP contribution in [0.5, 0.6) is 0 Å². The molecule has 0 saturated carbocycles. The second kappa shape index (κ2) is 10.5. The molecule has 2 aliphatic heterocycles. The number of hydrogen-bond donors (Lipinski definition) is 1. The molecule has 2 aromatic carbocycles. The van der Waals surface area contributed by atoms with Gasteiger partial charge in [0, 0.05) is 57.1 Å². The lowest BCUT2D eigenvalue weighted by Crippen LogP contribution is -2.49. The summed E-state index contributed by atoms with van der Waals surface area (Å²) in [6.45, 7) is 4.53. The average molecular weight is 439 g/mol. The number of likely N-dealkylation sites (tertiary alicyclic amines) is 1. The van der Waals surface area contributed by atoms with Crippen molar-refractivity contribution in [1.82, 2.24) is 9.80 Å². The topological polar surface area (TPSA) is 55.9 Å². The molecule has 0 aromatic heterocycles. The predicted octanol–water partition coefficient (Wildman–Crippen LogP) is 4.20. The van der Waals surface area contributed by atoms with Crippen molar-refractivity contribution in [1.29, 1.82) is 0 Å². The molecule has 1 N–H and O–H groups in total.